The molecule has 156 valence electrons. The van der Waals surface area contributed by atoms with E-state index in [1.54, 1.807) is 0 Å². The summed E-state index contributed by atoms with van der Waals surface area (Å²) in [5.74, 6) is 0.940. The van der Waals surface area contributed by atoms with Gasteiger partial charge in [-0.05, 0) is 60.7 Å². The maximum absolute atomic E-state index is 12.5. The Bertz CT molecular complexity index is 858. The Hall–Kier alpha value is -2.08. The summed E-state index contributed by atoms with van der Waals surface area (Å²) in [5.41, 5.74) is 0. The Balaban J connectivity index is 1.45. The highest BCUT2D eigenvalue weighted by Gasteiger charge is 2.27. The summed E-state index contributed by atoms with van der Waals surface area (Å²) >= 11 is 3.47. The van der Waals surface area contributed by atoms with E-state index in [0.29, 0.717) is 18.8 Å². The fraction of sp³-hybridized carbons (Fsp3) is 0.478. The van der Waals surface area contributed by atoms with Crippen molar-refractivity contribution < 1.29 is 14.3 Å². The SMILES string of the molecule is CCC(CC)C(=O)N1CCC(NC(=O)COc2ccc3cc(Br)ccc3c2)CC1. The number of nitrogens with one attached hydrogen (secondary N) is 1. The maximum atomic E-state index is 12.5. The summed E-state index contributed by atoms with van der Waals surface area (Å²) in [6.45, 7) is 5.54. The largest absolute Gasteiger partial charge is 0.484 e. The van der Waals surface area contributed by atoms with E-state index in [1.807, 2.05) is 41.3 Å². The van der Waals surface area contributed by atoms with Crippen LogP contribution in [0.2, 0.25) is 0 Å². The Morgan fingerprint density at radius 2 is 1.76 bits per heavy atom. The Morgan fingerprint density at radius 3 is 2.45 bits per heavy atom. The van der Waals surface area contributed by atoms with Crippen molar-refractivity contribution in [2.45, 2.75) is 45.6 Å². The van der Waals surface area contributed by atoms with Gasteiger partial charge in [0.1, 0.15) is 5.75 Å². The highest BCUT2D eigenvalue weighted by Crippen LogP contribution is 2.24. The van der Waals surface area contributed by atoms with E-state index >= 15 is 0 Å². The minimum Gasteiger partial charge on any atom is -0.484 e. The Labute approximate surface area is 180 Å². The van der Waals surface area contributed by atoms with Crippen LogP contribution >= 0.6 is 15.9 Å². The molecule has 0 aliphatic carbocycles. The number of carbonyl (C=O) groups is 2. The zero-order valence-corrected chi connectivity index (χ0v) is 18.7. The van der Waals surface area contributed by atoms with Gasteiger partial charge in [0, 0.05) is 29.5 Å². The predicted octanol–water partition coefficient (Wildman–Crippen LogP) is 4.52. The Kier molecular flexibility index (Phi) is 7.53. The summed E-state index contributed by atoms with van der Waals surface area (Å²) < 4.78 is 6.71. The van der Waals surface area contributed by atoms with Crippen LogP contribution in [0.5, 0.6) is 5.75 Å². The monoisotopic (exact) mass is 460 g/mol. The molecule has 2 amide bonds. The van der Waals surface area contributed by atoms with Gasteiger partial charge in [0.2, 0.25) is 5.91 Å². The molecule has 0 saturated carbocycles. The second-order valence-electron chi connectivity index (χ2n) is 7.62. The van der Waals surface area contributed by atoms with Crippen molar-refractivity contribution in [2.24, 2.45) is 5.92 Å². The second-order valence-corrected chi connectivity index (χ2v) is 8.54. The minimum absolute atomic E-state index is 0.00504. The summed E-state index contributed by atoms with van der Waals surface area (Å²) in [7, 11) is 0. The van der Waals surface area contributed by atoms with Crippen LogP contribution in [0.1, 0.15) is 39.5 Å². The summed E-state index contributed by atoms with van der Waals surface area (Å²) in [4.78, 5) is 26.7. The fourth-order valence-corrected chi connectivity index (χ4v) is 4.22. The lowest BCUT2D eigenvalue weighted by molar-refractivity contribution is -0.137. The van der Waals surface area contributed by atoms with Crippen molar-refractivity contribution in [3.05, 3.63) is 40.9 Å². The van der Waals surface area contributed by atoms with Crippen molar-refractivity contribution in [1.29, 1.82) is 0 Å². The van der Waals surface area contributed by atoms with Crippen LogP contribution in [0.4, 0.5) is 0 Å². The zero-order valence-electron chi connectivity index (χ0n) is 17.1. The molecule has 1 aliphatic rings. The highest BCUT2D eigenvalue weighted by atomic mass is 79.9. The molecular formula is C23H29BrN2O3. The highest BCUT2D eigenvalue weighted by molar-refractivity contribution is 9.10. The molecule has 0 radical (unpaired) electrons. The van der Waals surface area contributed by atoms with Crippen molar-refractivity contribution in [3.63, 3.8) is 0 Å². The number of piperidine rings is 1. The summed E-state index contributed by atoms with van der Waals surface area (Å²) in [6.07, 6.45) is 3.36. The van der Waals surface area contributed by atoms with Crippen LogP contribution in [0.25, 0.3) is 10.8 Å². The third kappa shape index (κ3) is 5.72. The third-order valence-corrected chi connectivity index (χ3v) is 6.14. The van der Waals surface area contributed by atoms with Gasteiger partial charge in [0.15, 0.2) is 6.61 Å². The van der Waals surface area contributed by atoms with Crippen LogP contribution in [-0.4, -0.2) is 42.5 Å². The standard InChI is InChI=1S/C23H29BrN2O3/c1-3-16(4-2)23(28)26-11-9-20(10-12-26)25-22(27)15-29-21-8-6-17-13-19(24)7-5-18(17)14-21/h5-8,13-14,16,20H,3-4,9-12,15H2,1-2H3,(H,25,27). The van der Waals surface area contributed by atoms with Crippen molar-refractivity contribution >= 4 is 38.5 Å². The molecule has 0 bridgehead atoms. The van der Waals surface area contributed by atoms with E-state index in [-0.39, 0.29) is 30.4 Å². The molecule has 0 spiro atoms. The molecule has 3 rings (SSSR count). The fourth-order valence-electron chi connectivity index (χ4n) is 3.84. The lowest BCUT2D eigenvalue weighted by atomic mass is 9.98. The molecule has 29 heavy (non-hydrogen) atoms. The lowest BCUT2D eigenvalue weighted by Crippen LogP contribution is -2.48. The number of nitrogens with zero attached hydrogens (tertiary/aromatic N) is 1. The van der Waals surface area contributed by atoms with Gasteiger partial charge in [-0.15, -0.1) is 0 Å². The quantitative estimate of drug-likeness (QED) is 0.660. The summed E-state index contributed by atoms with van der Waals surface area (Å²) in [6, 6.07) is 12.0. The average Bonchev–Trinajstić information content (AvgIpc) is 2.73. The first-order chi connectivity index (χ1) is 14.0. The number of halogens is 1. The first kappa shape index (κ1) is 21.6. The predicted molar refractivity (Wildman–Crippen MR) is 119 cm³/mol. The number of amides is 2. The molecule has 0 aromatic heterocycles. The van der Waals surface area contributed by atoms with Gasteiger partial charge in [-0.25, -0.2) is 0 Å². The van der Waals surface area contributed by atoms with Crippen LogP contribution in [0, 0.1) is 5.92 Å². The van der Waals surface area contributed by atoms with Gasteiger partial charge in [-0.3, -0.25) is 9.59 Å². The van der Waals surface area contributed by atoms with E-state index < -0.39 is 0 Å². The van der Waals surface area contributed by atoms with Gasteiger partial charge >= 0.3 is 0 Å². The molecule has 2 aromatic carbocycles. The van der Waals surface area contributed by atoms with E-state index in [1.165, 1.54) is 0 Å². The second kappa shape index (κ2) is 10.1. The van der Waals surface area contributed by atoms with Crippen LogP contribution < -0.4 is 10.1 Å². The van der Waals surface area contributed by atoms with Gasteiger partial charge in [0.25, 0.3) is 5.91 Å². The minimum atomic E-state index is -0.120. The topological polar surface area (TPSA) is 58.6 Å². The zero-order chi connectivity index (χ0) is 20.8. The third-order valence-electron chi connectivity index (χ3n) is 5.65. The number of ether oxygens (including phenoxy) is 1. The van der Waals surface area contributed by atoms with Gasteiger partial charge in [-0.1, -0.05) is 41.9 Å². The lowest BCUT2D eigenvalue weighted by Gasteiger charge is -2.34. The first-order valence-electron chi connectivity index (χ1n) is 10.4. The van der Waals surface area contributed by atoms with Crippen molar-refractivity contribution in [1.82, 2.24) is 10.2 Å². The molecule has 1 fully saturated rings. The molecule has 1 heterocycles. The number of hydrogen-bond acceptors (Lipinski definition) is 3. The maximum Gasteiger partial charge on any atom is 0.258 e. The molecular weight excluding hydrogens is 432 g/mol. The van der Waals surface area contributed by atoms with E-state index in [9.17, 15) is 9.59 Å². The number of likely N-dealkylation sites (tertiary alicyclic amines) is 1. The van der Waals surface area contributed by atoms with E-state index in [2.05, 4.69) is 35.1 Å². The number of hydrogen-bond donors (Lipinski definition) is 1. The number of benzene rings is 2. The molecule has 1 N–H and O–H groups in total. The molecule has 0 atom stereocenters. The van der Waals surface area contributed by atoms with E-state index in [0.717, 1.165) is 40.9 Å². The van der Waals surface area contributed by atoms with Crippen molar-refractivity contribution in [2.75, 3.05) is 19.7 Å². The molecule has 5 nitrogen and oxygen atoms in total. The molecule has 0 unspecified atom stereocenters. The molecule has 1 aliphatic heterocycles. The molecule has 6 heteroatoms. The van der Waals surface area contributed by atoms with Crippen LogP contribution in [0.3, 0.4) is 0 Å². The van der Waals surface area contributed by atoms with Crippen molar-refractivity contribution in [3.8, 4) is 5.75 Å². The van der Waals surface area contributed by atoms with E-state index in [4.69, 9.17) is 4.74 Å². The normalized spacial score (nSPS) is 15.0. The summed E-state index contributed by atoms with van der Waals surface area (Å²) in [5, 5.41) is 5.23. The van der Waals surface area contributed by atoms with Gasteiger partial charge < -0.3 is 15.0 Å². The van der Waals surface area contributed by atoms with Gasteiger partial charge in [0.05, 0.1) is 0 Å². The number of fused-ring (bicyclic) bond motifs is 1. The number of rotatable bonds is 7. The Morgan fingerprint density at radius 1 is 1.10 bits per heavy atom. The molecule has 1 saturated heterocycles. The number of carbonyl (C=O) groups excluding carboxylic acids is 2. The first-order valence-corrected chi connectivity index (χ1v) is 11.2. The van der Waals surface area contributed by atoms with Crippen LogP contribution in [0.15, 0.2) is 40.9 Å². The average molecular weight is 461 g/mol. The van der Waals surface area contributed by atoms with Gasteiger partial charge in [-0.2, -0.15) is 0 Å². The smallest absolute Gasteiger partial charge is 0.258 e. The van der Waals surface area contributed by atoms with Crippen LogP contribution in [-0.2, 0) is 9.59 Å². The molecule has 2 aromatic rings.